The number of hydroxylamine groups is 1. The molecule has 0 radical (unpaired) electrons. The molecule has 0 bridgehead atoms. The van der Waals surface area contributed by atoms with E-state index in [9.17, 15) is 4.79 Å². The summed E-state index contributed by atoms with van der Waals surface area (Å²) < 4.78 is 10.5. The van der Waals surface area contributed by atoms with Crippen molar-refractivity contribution in [2.24, 2.45) is 0 Å². The molecule has 0 atom stereocenters. The molecule has 0 fully saturated rings. The van der Waals surface area contributed by atoms with Crippen molar-refractivity contribution in [3.63, 3.8) is 0 Å². The van der Waals surface area contributed by atoms with E-state index in [0.717, 1.165) is 16.4 Å². The lowest BCUT2D eigenvalue weighted by Crippen LogP contribution is -2.30. The summed E-state index contributed by atoms with van der Waals surface area (Å²) in [4.78, 5) is 21.1. The number of aromatic nitrogens is 1. The third kappa shape index (κ3) is 3.53. The largest absolute Gasteiger partial charge is 0.487 e. The van der Waals surface area contributed by atoms with E-state index in [1.54, 1.807) is 18.3 Å². The molecule has 0 N–H and O–H groups in total. The topological polar surface area (TPSA) is 60.9 Å². The number of aryl methyl sites for hydroxylation is 1. The Morgan fingerprint density at radius 3 is 2.64 bits per heavy atom. The maximum Gasteiger partial charge on any atom is 0.438 e. The van der Waals surface area contributed by atoms with E-state index in [1.165, 1.54) is 14.2 Å². The molecule has 1 heterocycles. The van der Waals surface area contributed by atoms with Gasteiger partial charge in [-0.15, -0.1) is 0 Å². The molecule has 1 aromatic heterocycles. The van der Waals surface area contributed by atoms with Gasteiger partial charge in [0.1, 0.15) is 23.7 Å². The molecule has 22 heavy (non-hydrogen) atoms. The fourth-order valence-corrected chi connectivity index (χ4v) is 1.94. The molecule has 6 heteroatoms. The Morgan fingerprint density at radius 1 is 1.18 bits per heavy atom. The van der Waals surface area contributed by atoms with Crippen LogP contribution in [-0.4, -0.2) is 25.3 Å². The van der Waals surface area contributed by atoms with Gasteiger partial charge in [-0.05, 0) is 30.7 Å². The summed E-state index contributed by atoms with van der Waals surface area (Å²) in [6.07, 6.45) is 0.998. The van der Waals surface area contributed by atoms with Crippen LogP contribution in [0.4, 0.5) is 10.5 Å². The van der Waals surface area contributed by atoms with Crippen LogP contribution in [0.15, 0.2) is 42.6 Å². The molecule has 2 rings (SSSR count). The highest BCUT2D eigenvalue weighted by atomic mass is 16.7. The van der Waals surface area contributed by atoms with E-state index in [2.05, 4.69) is 9.72 Å². The van der Waals surface area contributed by atoms with E-state index in [-0.39, 0.29) is 6.61 Å². The third-order valence-electron chi connectivity index (χ3n) is 3.07. The van der Waals surface area contributed by atoms with E-state index in [1.807, 2.05) is 31.2 Å². The average Bonchev–Trinajstić information content (AvgIpc) is 2.55. The van der Waals surface area contributed by atoms with Gasteiger partial charge >= 0.3 is 6.09 Å². The normalized spacial score (nSPS) is 10.1. The predicted molar refractivity (Wildman–Crippen MR) is 81.6 cm³/mol. The Morgan fingerprint density at radius 2 is 1.95 bits per heavy atom. The maximum absolute atomic E-state index is 11.7. The maximum atomic E-state index is 11.7. The van der Waals surface area contributed by atoms with Crippen molar-refractivity contribution in [2.75, 3.05) is 19.3 Å². The van der Waals surface area contributed by atoms with Gasteiger partial charge in [0.2, 0.25) is 0 Å². The molecule has 0 aliphatic heterocycles. The Labute approximate surface area is 129 Å². The van der Waals surface area contributed by atoms with Crippen LogP contribution < -0.4 is 9.80 Å². The first kappa shape index (κ1) is 15.8. The molecule has 0 unspecified atom stereocenters. The zero-order chi connectivity index (χ0) is 15.9. The summed E-state index contributed by atoms with van der Waals surface area (Å²) in [5, 5.41) is 1.03. The second-order valence-electron chi connectivity index (χ2n) is 4.47. The number of rotatable bonds is 5. The Kier molecular flexibility index (Phi) is 5.32. The molecule has 2 aromatic rings. The first-order chi connectivity index (χ1) is 10.7. The SMILES string of the molecule is COC(=O)N(OC)c1cccnc1COc1ccccc1C. The summed E-state index contributed by atoms with van der Waals surface area (Å²) >= 11 is 0. The molecule has 0 aliphatic carbocycles. The predicted octanol–water partition coefficient (Wildman–Crippen LogP) is 3.10. The van der Waals surface area contributed by atoms with Gasteiger partial charge in [0, 0.05) is 6.20 Å². The highest BCUT2D eigenvalue weighted by Gasteiger charge is 2.20. The van der Waals surface area contributed by atoms with E-state index in [4.69, 9.17) is 9.57 Å². The van der Waals surface area contributed by atoms with Gasteiger partial charge in [-0.25, -0.2) is 4.79 Å². The number of amides is 1. The first-order valence-electron chi connectivity index (χ1n) is 6.72. The summed E-state index contributed by atoms with van der Waals surface area (Å²) in [5.41, 5.74) is 2.07. The molecule has 1 aromatic carbocycles. The smallest absolute Gasteiger partial charge is 0.438 e. The van der Waals surface area contributed by atoms with E-state index < -0.39 is 6.09 Å². The van der Waals surface area contributed by atoms with Crippen molar-refractivity contribution in [2.45, 2.75) is 13.5 Å². The van der Waals surface area contributed by atoms with Gasteiger partial charge in [-0.1, -0.05) is 18.2 Å². The van der Waals surface area contributed by atoms with Crippen LogP contribution in [0.3, 0.4) is 0 Å². The summed E-state index contributed by atoms with van der Waals surface area (Å²) in [6, 6.07) is 11.1. The van der Waals surface area contributed by atoms with E-state index >= 15 is 0 Å². The van der Waals surface area contributed by atoms with Gasteiger partial charge in [0.15, 0.2) is 0 Å². The number of benzene rings is 1. The quantitative estimate of drug-likeness (QED) is 0.794. The van der Waals surface area contributed by atoms with Gasteiger partial charge < -0.3 is 9.47 Å². The lowest BCUT2D eigenvalue weighted by Gasteiger charge is -2.20. The molecule has 6 nitrogen and oxygen atoms in total. The summed E-state index contributed by atoms with van der Waals surface area (Å²) in [7, 11) is 2.67. The van der Waals surface area contributed by atoms with Crippen molar-refractivity contribution in [3.8, 4) is 5.75 Å². The first-order valence-corrected chi connectivity index (χ1v) is 6.72. The number of carbonyl (C=O) groups excluding carboxylic acids is 1. The van der Waals surface area contributed by atoms with Crippen LogP contribution in [-0.2, 0) is 16.2 Å². The molecular formula is C16H18N2O4. The lowest BCUT2D eigenvalue weighted by molar-refractivity contribution is 0.115. The highest BCUT2D eigenvalue weighted by molar-refractivity contribution is 5.85. The van der Waals surface area contributed by atoms with Gasteiger partial charge in [0.25, 0.3) is 0 Å². The monoisotopic (exact) mass is 302 g/mol. The van der Waals surface area contributed by atoms with Crippen LogP contribution in [0.1, 0.15) is 11.3 Å². The number of hydrogen-bond donors (Lipinski definition) is 0. The summed E-state index contributed by atoms with van der Waals surface area (Å²) in [5.74, 6) is 0.765. The third-order valence-corrected chi connectivity index (χ3v) is 3.07. The number of carbonyl (C=O) groups is 1. The van der Waals surface area contributed by atoms with Crippen LogP contribution >= 0.6 is 0 Å². The van der Waals surface area contributed by atoms with Crippen molar-refractivity contribution >= 4 is 11.8 Å². The minimum Gasteiger partial charge on any atom is -0.487 e. The Balaban J connectivity index is 2.21. The molecule has 116 valence electrons. The second kappa shape index (κ2) is 7.42. The highest BCUT2D eigenvalue weighted by Crippen LogP contribution is 2.23. The fourth-order valence-electron chi connectivity index (χ4n) is 1.94. The van der Waals surface area contributed by atoms with Gasteiger partial charge in [-0.2, -0.15) is 5.06 Å². The molecule has 0 aliphatic rings. The van der Waals surface area contributed by atoms with Crippen molar-refractivity contribution in [3.05, 3.63) is 53.9 Å². The lowest BCUT2D eigenvalue weighted by atomic mass is 10.2. The van der Waals surface area contributed by atoms with Crippen LogP contribution in [0.5, 0.6) is 5.75 Å². The number of nitrogens with zero attached hydrogens (tertiary/aromatic N) is 2. The molecule has 0 saturated carbocycles. The van der Waals surface area contributed by atoms with Gasteiger partial charge in [0.05, 0.1) is 14.2 Å². The Hall–Kier alpha value is -2.60. The van der Waals surface area contributed by atoms with Crippen molar-refractivity contribution in [1.29, 1.82) is 0 Å². The number of pyridine rings is 1. The number of para-hydroxylation sites is 1. The number of hydrogen-bond acceptors (Lipinski definition) is 5. The number of ether oxygens (including phenoxy) is 2. The van der Waals surface area contributed by atoms with Crippen LogP contribution in [0.25, 0.3) is 0 Å². The van der Waals surface area contributed by atoms with Gasteiger partial charge in [-0.3, -0.25) is 9.82 Å². The molecule has 0 saturated heterocycles. The van der Waals surface area contributed by atoms with Crippen molar-refractivity contribution < 1.29 is 19.1 Å². The number of anilines is 1. The van der Waals surface area contributed by atoms with Crippen LogP contribution in [0, 0.1) is 6.92 Å². The standard InChI is InChI=1S/C16H18N2O4/c1-12-7-4-5-9-15(12)22-11-13-14(8-6-10-17-13)18(21-3)16(19)20-2/h4-10H,11H2,1-3H3. The molecular weight excluding hydrogens is 284 g/mol. The molecule has 1 amide bonds. The fraction of sp³-hybridized carbons (Fsp3) is 0.250. The van der Waals surface area contributed by atoms with Crippen LogP contribution in [0.2, 0.25) is 0 Å². The Bertz CT molecular complexity index is 646. The number of methoxy groups -OCH3 is 1. The zero-order valence-electron chi connectivity index (χ0n) is 12.8. The minimum atomic E-state index is -0.632. The van der Waals surface area contributed by atoms with E-state index in [0.29, 0.717) is 11.4 Å². The zero-order valence-corrected chi connectivity index (χ0v) is 12.8. The minimum absolute atomic E-state index is 0.206. The second-order valence-corrected chi connectivity index (χ2v) is 4.47. The summed E-state index contributed by atoms with van der Waals surface area (Å²) in [6.45, 7) is 2.17. The van der Waals surface area contributed by atoms with Crippen molar-refractivity contribution in [1.82, 2.24) is 4.98 Å². The molecule has 0 spiro atoms. The average molecular weight is 302 g/mol.